The lowest BCUT2D eigenvalue weighted by Gasteiger charge is -2.22. The quantitative estimate of drug-likeness (QED) is 0.715. The summed E-state index contributed by atoms with van der Waals surface area (Å²) in [5.41, 5.74) is 0. The molecule has 0 aromatic carbocycles. The van der Waals surface area contributed by atoms with Crippen LogP contribution in [0, 0.1) is 11.8 Å². The zero-order valence-electron chi connectivity index (χ0n) is 9.91. The molecule has 0 aromatic heterocycles. The lowest BCUT2D eigenvalue weighted by atomic mass is 9.89. The van der Waals surface area contributed by atoms with Crippen molar-refractivity contribution in [2.45, 2.75) is 60.2 Å². The average molecular weight is 190 g/mol. The molecule has 0 spiro atoms. The maximum Gasteiger partial charge on any atom is 0.0592 e. The molecule has 0 heterocycles. The summed E-state index contributed by atoms with van der Waals surface area (Å²) in [6.07, 6.45) is -0.277. The minimum atomic E-state index is -0.397. The predicted octanol–water partition coefficient (Wildman–Crippen LogP) is 2.44. The van der Waals surface area contributed by atoms with Crippen LogP contribution in [0.15, 0.2) is 0 Å². The molecule has 0 aliphatic rings. The van der Waals surface area contributed by atoms with Crippen molar-refractivity contribution in [2.75, 3.05) is 0 Å². The molecule has 2 heteroatoms. The van der Waals surface area contributed by atoms with Gasteiger partial charge in [-0.3, -0.25) is 0 Å². The molecule has 0 aliphatic heterocycles. The van der Waals surface area contributed by atoms with Crippen LogP contribution in [0.4, 0.5) is 0 Å². The Labute approximate surface area is 83.0 Å². The molecular formula is C11H26O2. The Bertz CT molecular complexity index is 100. The van der Waals surface area contributed by atoms with E-state index in [0.29, 0.717) is 12.3 Å². The first-order chi connectivity index (χ1) is 5.95. The van der Waals surface area contributed by atoms with Crippen LogP contribution < -0.4 is 0 Å². The van der Waals surface area contributed by atoms with Gasteiger partial charge in [0.15, 0.2) is 0 Å². The Balaban J connectivity index is 0. The maximum absolute atomic E-state index is 9.50. The van der Waals surface area contributed by atoms with E-state index in [9.17, 15) is 5.11 Å². The summed E-state index contributed by atoms with van der Waals surface area (Å²) in [6, 6.07) is 0. The number of hydrogen-bond acceptors (Lipinski definition) is 2. The van der Waals surface area contributed by atoms with Crippen LogP contribution in [0.5, 0.6) is 0 Å². The molecule has 82 valence electrons. The maximum atomic E-state index is 9.50. The molecule has 3 unspecified atom stereocenters. The van der Waals surface area contributed by atoms with Crippen molar-refractivity contribution in [1.29, 1.82) is 0 Å². The zero-order chi connectivity index (χ0) is 11.0. The second kappa shape index (κ2) is 8.52. The molecule has 0 amide bonds. The fraction of sp³-hybridized carbons (Fsp3) is 1.00. The molecule has 2 N–H and O–H groups in total. The third-order valence-corrected chi connectivity index (χ3v) is 2.24. The van der Waals surface area contributed by atoms with Crippen LogP contribution in [0.2, 0.25) is 0 Å². The second-order valence-electron chi connectivity index (χ2n) is 3.76. The molecular weight excluding hydrogens is 164 g/mol. The summed E-state index contributed by atoms with van der Waals surface area (Å²) in [4.78, 5) is 0. The van der Waals surface area contributed by atoms with E-state index in [-0.39, 0.29) is 12.0 Å². The number of rotatable bonds is 4. The minimum Gasteiger partial charge on any atom is -0.393 e. The van der Waals surface area contributed by atoms with Crippen molar-refractivity contribution < 1.29 is 10.2 Å². The van der Waals surface area contributed by atoms with E-state index in [1.165, 1.54) is 0 Å². The Morgan fingerprint density at radius 2 is 1.31 bits per heavy atom. The SMILES string of the molecule is CC.CC(O)CC(O)C(C)C(C)C. The lowest BCUT2D eigenvalue weighted by molar-refractivity contribution is 0.0409. The van der Waals surface area contributed by atoms with Crippen molar-refractivity contribution in [3.63, 3.8) is 0 Å². The predicted molar refractivity (Wildman–Crippen MR) is 57.7 cm³/mol. The summed E-state index contributed by atoms with van der Waals surface area (Å²) >= 11 is 0. The van der Waals surface area contributed by atoms with Crippen molar-refractivity contribution >= 4 is 0 Å². The lowest BCUT2D eigenvalue weighted by Crippen LogP contribution is -2.25. The molecule has 0 radical (unpaired) electrons. The summed E-state index contributed by atoms with van der Waals surface area (Å²) < 4.78 is 0. The summed E-state index contributed by atoms with van der Waals surface area (Å²) in [6.45, 7) is 11.9. The molecule has 0 aromatic rings. The zero-order valence-corrected chi connectivity index (χ0v) is 9.91. The highest BCUT2D eigenvalue weighted by Gasteiger charge is 2.18. The standard InChI is InChI=1S/C9H20O2.C2H6/c1-6(2)8(4)9(11)5-7(3)10;1-2/h6-11H,5H2,1-4H3;1-2H3. The third-order valence-electron chi connectivity index (χ3n) is 2.24. The van der Waals surface area contributed by atoms with Gasteiger partial charge in [0.2, 0.25) is 0 Å². The van der Waals surface area contributed by atoms with Crippen LogP contribution in [0.3, 0.4) is 0 Å². The smallest absolute Gasteiger partial charge is 0.0592 e. The van der Waals surface area contributed by atoms with Crippen LogP contribution >= 0.6 is 0 Å². The summed E-state index contributed by atoms with van der Waals surface area (Å²) in [5.74, 6) is 0.744. The van der Waals surface area contributed by atoms with Gasteiger partial charge in [-0.2, -0.15) is 0 Å². The van der Waals surface area contributed by atoms with Crippen LogP contribution in [-0.4, -0.2) is 22.4 Å². The van der Waals surface area contributed by atoms with Crippen molar-refractivity contribution in [2.24, 2.45) is 11.8 Å². The normalized spacial score (nSPS) is 17.3. The molecule has 2 nitrogen and oxygen atoms in total. The second-order valence-corrected chi connectivity index (χ2v) is 3.76. The van der Waals surface area contributed by atoms with E-state index in [0.717, 1.165) is 0 Å². The van der Waals surface area contributed by atoms with Crippen molar-refractivity contribution in [3.8, 4) is 0 Å². The molecule has 0 aliphatic carbocycles. The summed E-state index contributed by atoms with van der Waals surface area (Å²) in [5, 5.41) is 18.5. The Kier molecular flexibility index (Phi) is 10.1. The third kappa shape index (κ3) is 8.26. The monoisotopic (exact) mass is 190 g/mol. The highest BCUT2D eigenvalue weighted by atomic mass is 16.3. The molecule has 0 saturated heterocycles. The Morgan fingerprint density at radius 1 is 0.923 bits per heavy atom. The molecule has 0 rings (SSSR count). The Hall–Kier alpha value is -0.0800. The van der Waals surface area contributed by atoms with Gasteiger partial charge in [-0.15, -0.1) is 0 Å². The first kappa shape index (κ1) is 15.4. The van der Waals surface area contributed by atoms with Gasteiger partial charge in [-0.1, -0.05) is 34.6 Å². The highest BCUT2D eigenvalue weighted by Crippen LogP contribution is 2.17. The first-order valence-corrected chi connectivity index (χ1v) is 5.31. The van der Waals surface area contributed by atoms with E-state index >= 15 is 0 Å². The molecule has 13 heavy (non-hydrogen) atoms. The van der Waals surface area contributed by atoms with Gasteiger partial charge in [0.25, 0.3) is 0 Å². The minimum absolute atomic E-state index is 0.268. The van der Waals surface area contributed by atoms with Gasteiger partial charge in [0, 0.05) is 0 Å². The Morgan fingerprint density at radius 3 is 1.54 bits per heavy atom. The fourth-order valence-electron chi connectivity index (χ4n) is 1.01. The van der Waals surface area contributed by atoms with Crippen LogP contribution in [0.1, 0.15) is 48.0 Å². The van der Waals surface area contributed by atoms with Crippen LogP contribution in [-0.2, 0) is 0 Å². The fourth-order valence-corrected chi connectivity index (χ4v) is 1.01. The van der Waals surface area contributed by atoms with Crippen LogP contribution in [0.25, 0.3) is 0 Å². The van der Waals surface area contributed by atoms with Gasteiger partial charge < -0.3 is 10.2 Å². The molecule has 0 saturated carbocycles. The van der Waals surface area contributed by atoms with E-state index in [4.69, 9.17) is 5.11 Å². The summed E-state index contributed by atoms with van der Waals surface area (Å²) in [7, 11) is 0. The van der Waals surface area contributed by atoms with Gasteiger partial charge in [-0.05, 0) is 25.2 Å². The van der Waals surface area contributed by atoms with Crippen molar-refractivity contribution in [3.05, 3.63) is 0 Å². The topological polar surface area (TPSA) is 40.5 Å². The molecule has 0 fully saturated rings. The number of aliphatic hydroxyl groups excluding tert-OH is 2. The molecule has 3 atom stereocenters. The first-order valence-electron chi connectivity index (χ1n) is 5.31. The van der Waals surface area contributed by atoms with E-state index < -0.39 is 6.10 Å². The number of aliphatic hydroxyl groups is 2. The van der Waals surface area contributed by atoms with Crippen molar-refractivity contribution in [1.82, 2.24) is 0 Å². The number of hydrogen-bond donors (Lipinski definition) is 2. The van der Waals surface area contributed by atoms with Gasteiger partial charge in [0.05, 0.1) is 12.2 Å². The largest absolute Gasteiger partial charge is 0.393 e. The highest BCUT2D eigenvalue weighted by molar-refractivity contribution is 4.69. The van der Waals surface area contributed by atoms with E-state index in [1.807, 2.05) is 20.8 Å². The van der Waals surface area contributed by atoms with E-state index in [2.05, 4.69) is 13.8 Å². The van der Waals surface area contributed by atoms with Gasteiger partial charge in [-0.25, -0.2) is 0 Å². The van der Waals surface area contributed by atoms with Gasteiger partial charge in [0.1, 0.15) is 0 Å². The van der Waals surface area contributed by atoms with Gasteiger partial charge >= 0.3 is 0 Å². The van der Waals surface area contributed by atoms with E-state index in [1.54, 1.807) is 6.92 Å². The average Bonchev–Trinajstić information content (AvgIpc) is 2.05. The molecule has 0 bridgehead atoms.